The van der Waals surface area contributed by atoms with Crippen LogP contribution in [0.3, 0.4) is 0 Å². The van der Waals surface area contributed by atoms with Crippen LogP contribution in [0.4, 0.5) is 5.69 Å². The first-order valence-electron chi connectivity index (χ1n) is 10.1. The molecule has 9 nitrogen and oxygen atoms in total. The van der Waals surface area contributed by atoms with E-state index in [0.717, 1.165) is 55.4 Å². The van der Waals surface area contributed by atoms with E-state index < -0.39 is 10.0 Å². The highest BCUT2D eigenvalue weighted by molar-refractivity contribution is 7.89. The highest BCUT2D eigenvalue weighted by Crippen LogP contribution is 2.33. The maximum absolute atomic E-state index is 13.0. The van der Waals surface area contributed by atoms with Crippen molar-refractivity contribution in [1.82, 2.24) is 15.0 Å². The molecule has 1 saturated heterocycles. The number of nitrogens with two attached hydrogens (primary N) is 1. The lowest BCUT2D eigenvalue weighted by atomic mass is 10.1. The first-order chi connectivity index (χ1) is 14.2. The Morgan fingerprint density at radius 3 is 2.53 bits per heavy atom. The summed E-state index contributed by atoms with van der Waals surface area (Å²) in [5, 5.41) is 9.28. The van der Waals surface area contributed by atoms with Crippen LogP contribution in [0.1, 0.15) is 23.9 Å². The van der Waals surface area contributed by atoms with Crippen molar-refractivity contribution < 1.29 is 17.7 Å². The van der Waals surface area contributed by atoms with Gasteiger partial charge < -0.3 is 9.42 Å². The van der Waals surface area contributed by atoms with Crippen LogP contribution in [0.15, 0.2) is 33.7 Å². The summed E-state index contributed by atoms with van der Waals surface area (Å²) in [4.78, 5) is 19.4. The molecular weight excluding hydrogens is 406 g/mol. The lowest BCUT2D eigenvalue weighted by molar-refractivity contribution is -0.120. The van der Waals surface area contributed by atoms with Gasteiger partial charge in [0.25, 0.3) is 0 Å². The fourth-order valence-corrected chi connectivity index (χ4v) is 4.82. The van der Waals surface area contributed by atoms with Crippen molar-refractivity contribution in [3.8, 4) is 0 Å². The molecular formula is C20H27N5O4S. The SMILES string of the molecule is Cc1cc(CN2CCN(CC(=O)N3c4ccc(S(N)(=O)=O)cc4CC3C)CC2)no1. The number of hydrogen-bond acceptors (Lipinski definition) is 7. The lowest BCUT2D eigenvalue weighted by Gasteiger charge is -2.35. The number of aromatic nitrogens is 1. The Morgan fingerprint density at radius 1 is 1.20 bits per heavy atom. The molecule has 3 heterocycles. The minimum Gasteiger partial charge on any atom is -0.361 e. The van der Waals surface area contributed by atoms with Gasteiger partial charge in [0.05, 0.1) is 17.1 Å². The fourth-order valence-electron chi connectivity index (χ4n) is 4.26. The molecule has 0 bridgehead atoms. The van der Waals surface area contributed by atoms with Crippen molar-refractivity contribution in [2.75, 3.05) is 37.6 Å². The van der Waals surface area contributed by atoms with Crippen molar-refractivity contribution >= 4 is 21.6 Å². The summed E-state index contributed by atoms with van der Waals surface area (Å²) in [6.07, 6.45) is 0.620. The van der Waals surface area contributed by atoms with Gasteiger partial charge in [-0.15, -0.1) is 0 Å². The molecule has 0 radical (unpaired) electrons. The molecule has 1 fully saturated rings. The van der Waals surface area contributed by atoms with E-state index in [4.69, 9.17) is 9.66 Å². The average molecular weight is 434 g/mol. The van der Waals surface area contributed by atoms with Crippen molar-refractivity contribution in [1.29, 1.82) is 0 Å². The molecule has 4 rings (SSSR count). The van der Waals surface area contributed by atoms with Gasteiger partial charge in [-0.3, -0.25) is 14.6 Å². The Hall–Kier alpha value is -2.27. The summed E-state index contributed by atoms with van der Waals surface area (Å²) in [6.45, 7) is 8.30. The molecule has 10 heteroatoms. The summed E-state index contributed by atoms with van der Waals surface area (Å²) in [7, 11) is -3.76. The Labute approximate surface area is 176 Å². The molecule has 2 aliphatic rings. The Bertz CT molecular complexity index is 1040. The van der Waals surface area contributed by atoms with Crippen LogP contribution in [0, 0.1) is 6.92 Å². The number of benzene rings is 1. The Kier molecular flexibility index (Phi) is 5.67. The van der Waals surface area contributed by atoms with Gasteiger partial charge in [-0.25, -0.2) is 13.6 Å². The zero-order valence-electron chi connectivity index (χ0n) is 17.2. The molecule has 0 aliphatic carbocycles. The van der Waals surface area contributed by atoms with Crippen molar-refractivity contribution in [3.63, 3.8) is 0 Å². The number of primary sulfonamides is 1. The van der Waals surface area contributed by atoms with E-state index in [-0.39, 0.29) is 16.8 Å². The lowest BCUT2D eigenvalue weighted by Crippen LogP contribution is -2.50. The zero-order chi connectivity index (χ0) is 21.5. The van der Waals surface area contributed by atoms with E-state index in [1.54, 1.807) is 17.0 Å². The quantitative estimate of drug-likeness (QED) is 0.739. The monoisotopic (exact) mass is 433 g/mol. The number of sulfonamides is 1. The third-order valence-electron chi connectivity index (χ3n) is 5.75. The number of carbonyl (C=O) groups excluding carboxylic acids is 1. The molecule has 2 N–H and O–H groups in total. The second kappa shape index (κ2) is 8.10. The molecule has 1 aromatic carbocycles. The summed E-state index contributed by atoms with van der Waals surface area (Å²) in [5.74, 6) is 0.843. The zero-order valence-corrected chi connectivity index (χ0v) is 18.1. The number of hydrogen-bond donors (Lipinski definition) is 1. The molecule has 1 unspecified atom stereocenters. The number of anilines is 1. The number of piperazine rings is 1. The van der Waals surface area contributed by atoms with Gasteiger partial charge in [0.15, 0.2) is 0 Å². The minimum absolute atomic E-state index is 0.0140. The number of fused-ring (bicyclic) bond motifs is 1. The first kappa shape index (κ1) is 21.0. The molecule has 1 amide bonds. The second-order valence-corrected chi connectivity index (χ2v) is 9.70. The topological polar surface area (TPSA) is 113 Å². The van der Waals surface area contributed by atoms with Crippen LogP contribution in [0.5, 0.6) is 0 Å². The number of carbonyl (C=O) groups is 1. The van der Waals surface area contributed by atoms with Gasteiger partial charge in [-0.1, -0.05) is 5.16 Å². The summed E-state index contributed by atoms with van der Waals surface area (Å²) in [5.41, 5.74) is 2.55. The standard InChI is InChI=1S/C20H27N5O4S/c1-14-9-16-11-18(30(21,27)28)3-4-19(16)25(14)20(26)13-24-7-5-23(6-8-24)12-17-10-15(2)29-22-17/h3-4,10-11,14H,5-9,12-13H2,1-2H3,(H2,21,27,28). The molecule has 30 heavy (non-hydrogen) atoms. The van der Waals surface area contributed by atoms with Crippen LogP contribution < -0.4 is 10.0 Å². The van der Waals surface area contributed by atoms with Crippen molar-refractivity contribution in [2.45, 2.75) is 37.8 Å². The molecule has 162 valence electrons. The normalized spacial score (nSPS) is 20.5. The van der Waals surface area contributed by atoms with Gasteiger partial charge in [0.1, 0.15) is 5.76 Å². The Morgan fingerprint density at radius 2 is 1.90 bits per heavy atom. The van der Waals surface area contributed by atoms with E-state index in [9.17, 15) is 13.2 Å². The third kappa shape index (κ3) is 4.41. The van der Waals surface area contributed by atoms with Crippen LogP contribution in [-0.4, -0.2) is 68.0 Å². The number of aryl methyl sites for hydroxylation is 1. The predicted octanol–water partition coefficient (Wildman–Crippen LogP) is 0.726. The van der Waals surface area contributed by atoms with Crippen LogP contribution >= 0.6 is 0 Å². The van der Waals surface area contributed by atoms with Crippen molar-refractivity contribution in [2.24, 2.45) is 5.14 Å². The summed E-state index contributed by atoms with van der Waals surface area (Å²) < 4.78 is 28.3. The molecule has 0 spiro atoms. The smallest absolute Gasteiger partial charge is 0.241 e. The van der Waals surface area contributed by atoms with E-state index in [1.807, 2.05) is 19.9 Å². The minimum atomic E-state index is -3.76. The predicted molar refractivity (Wildman–Crippen MR) is 111 cm³/mol. The maximum Gasteiger partial charge on any atom is 0.241 e. The second-order valence-electron chi connectivity index (χ2n) is 8.13. The summed E-state index contributed by atoms with van der Waals surface area (Å²) >= 11 is 0. The first-order valence-corrected chi connectivity index (χ1v) is 11.6. The van der Waals surface area contributed by atoms with Gasteiger partial charge >= 0.3 is 0 Å². The molecule has 2 aromatic rings. The highest BCUT2D eigenvalue weighted by atomic mass is 32.2. The molecule has 1 aromatic heterocycles. The van der Waals surface area contributed by atoms with E-state index in [2.05, 4.69) is 15.0 Å². The number of amides is 1. The van der Waals surface area contributed by atoms with Gasteiger partial charge in [0.2, 0.25) is 15.9 Å². The maximum atomic E-state index is 13.0. The summed E-state index contributed by atoms with van der Waals surface area (Å²) in [6, 6.07) is 6.67. The number of rotatable bonds is 5. The number of nitrogens with zero attached hydrogens (tertiary/aromatic N) is 4. The van der Waals surface area contributed by atoms with Crippen LogP contribution in [0.2, 0.25) is 0 Å². The highest BCUT2D eigenvalue weighted by Gasteiger charge is 2.33. The van der Waals surface area contributed by atoms with Crippen LogP contribution in [0.25, 0.3) is 0 Å². The van der Waals surface area contributed by atoms with E-state index in [0.29, 0.717) is 13.0 Å². The van der Waals surface area contributed by atoms with Crippen molar-refractivity contribution in [3.05, 3.63) is 41.3 Å². The van der Waals surface area contributed by atoms with Gasteiger partial charge in [-0.05, 0) is 44.0 Å². The largest absolute Gasteiger partial charge is 0.361 e. The van der Waals surface area contributed by atoms with Crippen LogP contribution in [-0.2, 0) is 27.8 Å². The van der Waals surface area contributed by atoms with Gasteiger partial charge in [-0.2, -0.15) is 0 Å². The molecule has 0 saturated carbocycles. The molecule has 1 atom stereocenters. The van der Waals surface area contributed by atoms with E-state index >= 15 is 0 Å². The van der Waals surface area contributed by atoms with Gasteiger partial charge in [0, 0.05) is 50.5 Å². The average Bonchev–Trinajstić information content (AvgIpc) is 3.23. The van der Waals surface area contributed by atoms with E-state index in [1.165, 1.54) is 6.07 Å². The fraction of sp³-hybridized carbons (Fsp3) is 0.500. The third-order valence-corrected chi connectivity index (χ3v) is 6.66. The molecule has 2 aliphatic heterocycles. The Balaban J connectivity index is 1.36.